The Bertz CT molecular complexity index is 869. The van der Waals surface area contributed by atoms with E-state index in [-0.39, 0.29) is 22.7 Å². The summed E-state index contributed by atoms with van der Waals surface area (Å²) in [4.78, 5) is 7.46. The lowest BCUT2D eigenvalue weighted by atomic mass is 10.1. The zero-order chi connectivity index (χ0) is 16.0. The second-order valence-corrected chi connectivity index (χ2v) is 5.44. The molecule has 2 heterocycles. The Labute approximate surface area is 125 Å². The molecule has 0 amide bonds. The minimum Gasteiger partial charge on any atom is -0.326 e. The summed E-state index contributed by atoms with van der Waals surface area (Å²) in [5.74, 6) is -1.41. The van der Waals surface area contributed by atoms with Gasteiger partial charge in [-0.2, -0.15) is 4.39 Å². The molecule has 0 fully saturated rings. The third-order valence-corrected chi connectivity index (χ3v) is 3.57. The van der Waals surface area contributed by atoms with Crippen LogP contribution in [0.5, 0.6) is 0 Å². The van der Waals surface area contributed by atoms with Crippen molar-refractivity contribution in [2.45, 2.75) is 26.8 Å². The Kier molecular flexibility index (Phi) is 3.39. The van der Waals surface area contributed by atoms with Crippen molar-refractivity contribution >= 4 is 11.0 Å². The number of imidazole rings is 1. The van der Waals surface area contributed by atoms with E-state index in [2.05, 4.69) is 9.97 Å². The highest BCUT2D eigenvalue weighted by Gasteiger charge is 2.17. The van der Waals surface area contributed by atoms with E-state index in [0.717, 1.165) is 18.3 Å². The highest BCUT2D eigenvalue weighted by atomic mass is 19.1. The van der Waals surface area contributed by atoms with E-state index in [1.807, 2.05) is 18.4 Å². The molecule has 0 aliphatic carbocycles. The van der Waals surface area contributed by atoms with Crippen molar-refractivity contribution < 1.29 is 13.2 Å². The first-order valence-electron chi connectivity index (χ1n) is 6.88. The molecule has 114 valence electrons. The second-order valence-electron chi connectivity index (χ2n) is 5.44. The number of rotatable bonds is 2. The van der Waals surface area contributed by atoms with Crippen LogP contribution in [0.25, 0.3) is 22.2 Å². The first-order chi connectivity index (χ1) is 10.4. The summed E-state index contributed by atoms with van der Waals surface area (Å²) in [7, 11) is 0. The first-order valence-corrected chi connectivity index (χ1v) is 6.88. The molecule has 3 rings (SSSR count). The third kappa shape index (κ3) is 2.24. The van der Waals surface area contributed by atoms with Crippen molar-refractivity contribution in [3.05, 3.63) is 47.8 Å². The molecule has 0 aliphatic rings. The van der Waals surface area contributed by atoms with Gasteiger partial charge in [0.05, 0.1) is 11.7 Å². The molecular formula is C16H14F3N3. The van der Waals surface area contributed by atoms with Gasteiger partial charge in [-0.05, 0) is 38.5 Å². The molecule has 2 aromatic heterocycles. The summed E-state index contributed by atoms with van der Waals surface area (Å²) in [6.07, 6.45) is 0.789. The topological polar surface area (TPSA) is 30.7 Å². The molecule has 0 spiro atoms. The minimum absolute atomic E-state index is 0.0255. The van der Waals surface area contributed by atoms with Crippen LogP contribution in [0, 0.1) is 24.5 Å². The summed E-state index contributed by atoms with van der Waals surface area (Å²) in [6.45, 7) is 5.68. The van der Waals surface area contributed by atoms with Crippen molar-refractivity contribution in [1.82, 2.24) is 14.5 Å². The molecule has 6 heteroatoms. The van der Waals surface area contributed by atoms with Crippen molar-refractivity contribution in [2.24, 2.45) is 0 Å². The molecule has 3 aromatic rings. The van der Waals surface area contributed by atoms with Crippen LogP contribution in [0.15, 0.2) is 24.4 Å². The quantitative estimate of drug-likeness (QED) is 0.657. The molecule has 0 radical (unpaired) electrons. The molecule has 0 unspecified atom stereocenters. The molecule has 0 atom stereocenters. The SMILES string of the molecule is Cc1nc2c(F)cc(-c3cc(F)ncc3F)cc2n1C(C)C. The van der Waals surface area contributed by atoms with Crippen LogP contribution in [-0.4, -0.2) is 14.5 Å². The molecule has 1 aromatic carbocycles. The van der Waals surface area contributed by atoms with Gasteiger partial charge in [0.25, 0.3) is 0 Å². The lowest BCUT2D eigenvalue weighted by Gasteiger charge is -2.12. The van der Waals surface area contributed by atoms with Crippen LogP contribution in [0.3, 0.4) is 0 Å². The maximum atomic E-state index is 14.3. The number of aromatic nitrogens is 3. The standard InChI is InChI=1S/C16H14F3N3/c1-8(2)22-9(3)21-16-12(17)4-10(5-14(16)22)11-6-15(19)20-7-13(11)18/h4-8H,1-3H3. The minimum atomic E-state index is -0.814. The number of benzene rings is 1. The van der Waals surface area contributed by atoms with Gasteiger partial charge in [-0.3, -0.25) is 0 Å². The average molecular weight is 305 g/mol. The summed E-state index contributed by atoms with van der Waals surface area (Å²) < 4.78 is 43.3. The van der Waals surface area contributed by atoms with Gasteiger partial charge in [-0.25, -0.2) is 18.7 Å². The number of aryl methyl sites for hydroxylation is 1. The number of nitrogens with zero attached hydrogens (tertiary/aromatic N) is 3. The van der Waals surface area contributed by atoms with E-state index in [0.29, 0.717) is 11.3 Å². The van der Waals surface area contributed by atoms with Gasteiger partial charge >= 0.3 is 0 Å². The van der Waals surface area contributed by atoms with Crippen molar-refractivity contribution in [1.29, 1.82) is 0 Å². The highest BCUT2D eigenvalue weighted by Crippen LogP contribution is 2.30. The first kappa shape index (κ1) is 14.6. The monoisotopic (exact) mass is 305 g/mol. The maximum absolute atomic E-state index is 14.3. The van der Waals surface area contributed by atoms with Crippen LogP contribution in [0.4, 0.5) is 13.2 Å². The molecule has 0 N–H and O–H groups in total. The number of hydrogen-bond acceptors (Lipinski definition) is 2. The van der Waals surface area contributed by atoms with E-state index < -0.39 is 17.6 Å². The number of pyridine rings is 1. The third-order valence-electron chi connectivity index (χ3n) is 3.57. The largest absolute Gasteiger partial charge is 0.326 e. The number of hydrogen-bond donors (Lipinski definition) is 0. The van der Waals surface area contributed by atoms with E-state index in [1.54, 1.807) is 13.0 Å². The van der Waals surface area contributed by atoms with Gasteiger partial charge in [0.15, 0.2) is 5.82 Å². The Morgan fingerprint density at radius 3 is 2.45 bits per heavy atom. The van der Waals surface area contributed by atoms with E-state index in [4.69, 9.17) is 0 Å². The second kappa shape index (κ2) is 5.12. The molecule has 0 saturated carbocycles. The predicted octanol–water partition coefficient (Wildman–Crippen LogP) is 4.40. The Morgan fingerprint density at radius 2 is 1.77 bits per heavy atom. The molecule has 0 saturated heterocycles. The zero-order valence-corrected chi connectivity index (χ0v) is 12.4. The molecule has 22 heavy (non-hydrogen) atoms. The average Bonchev–Trinajstić information content (AvgIpc) is 2.78. The van der Waals surface area contributed by atoms with Gasteiger partial charge in [-0.15, -0.1) is 0 Å². The maximum Gasteiger partial charge on any atom is 0.213 e. The van der Waals surface area contributed by atoms with Gasteiger partial charge in [-0.1, -0.05) is 0 Å². The van der Waals surface area contributed by atoms with E-state index in [9.17, 15) is 13.2 Å². The zero-order valence-electron chi connectivity index (χ0n) is 12.4. The lowest BCUT2D eigenvalue weighted by molar-refractivity contribution is 0.562. The highest BCUT2D eigenvalue weighted by molar-refractivity contribution is 5.83. The van der Waals surface area contributed by atoms with Crippen molar-refractivity contribution in [2.75, 3.05) is 0 Å². The van der Waals surface area contributed by atoms with Crippen molar-refractivity contribution in [3.8, 4) is 11.1 Å². The summed E-state index contributed by atoms with van der Waals surface area (Å²) in [5, 5.41) is 0. The van der Waals surface area contributed by atoms with Gasteiger partial charge in [0, 0.05) is 17.7 Å². The number of halogens is 3. The lowest BCUT2D eigenvalue weighted by Crippen LogP contribution is -2.03. The summed E-state index contributed by atoms with van der Waals surface area (Å²) in [5.41, 5.74) is 1.01. The van der Waals surface area contributed by atoms with Crippen LogP contribution >= 0.6 is 0 Å². The normalized spacial score (nSPS) is 11.6. The Balaban J connectivity index is 2.32. The summed E-state index contributed by atoms with van der Waals surface area (Å²) >= 11 is 0. The fourth-order valence-corrected chi connectivity index (χ4v) is 2.71. The summed E-state index contributed by atoms with van der Waals surface area (Å²) in [6, 6.07) is 3.81. The molecule has 0 bridgehead atoms. The van der Waals surface area contributed by atoms with Crippen LogP contribution < -0.4 is 0 Å². The Hall–Kier alpha value is -2.37. The fourth-order valence-electron chi connectivity index (χ4n) is 2.71. The molecular weight excluding hydrogens is 291 g/mol. The van der Waals surface area contributed by atoms with Crippen LogP contribution in [-0.2, 0) is 0 Å². The van der Waals surface area contributed by atoms with Crippen LogP contribution in [0.2, 0.25) is 0 Å². The van der Waals surface area contributed by atoms with Crippen LogP contribution in [0.1, 0.15) is 25.7 Å². The van der Waals surface area contributed by atoms with Gasteiger partial charge < -0.3 is 4.57 Å². The van der Waals surface area contributed by atoms with E-state index in [1.165, 1.54) is 0 Å². The smallest absolute Gasteiger partial charge is 0.213 e. The Morgan fingerprint density at radius 1 is 1.05 bits per heavy atom. The predicted molar refractivity (Wildman–Crippen MR) is 78.0 cm³/mol. The van der Waals surface area contributed by atoms with Gasteiger partial charge in [0.1, 0.15) is 17.2 Å². The number of fused-ring (bicyclic) bond motifs is 1. The van der Waals surface area contributed by atoms with Crippen molar-refractivity contribution in [3.63, 3.8) is 0 Å². The molecule has 3 nitrogen and oxygen atoms in total. The fraction of sp³-hybridized carbons (Fsp3) is 0.250. The van der Waals surface area contributed by atoms with Gasteiger partial charge in [0.2, 0.25) is 5.95 Å². The molecule has 0 aliphatic heterocycles. The van der Waals surface area contributed by atoms with E-state index >= 15 is 0 Å².